The third-order valence-corrected chi connectivity index (χ3v) is 1.58. The Morgan fingerprint density at radius 2 is 2.20 bits per heavy atom. The molecule has 0 aliphatic carbocycles. The van der Waals surface area contributed by atoms with Crippen molar-refractivity contribution in [3.8, 4) is 6.07 Å². The molecule has 1 N–H and O–H groups in total. The average molecular weight is 213 g/mol. The lowest BCUT2D eigenvalue weighted by Gasteiger charge is -2.04. The summed E-state index contributed by atoms with van der Waals surface area (Å²) in [5, 5.41) is 20.9. The molecule has 0 amide bonds. The van der Waals surface area contributed by atoms with Gasteiger partial charge in [0.05, 0.1) is 17.1 Å². The van der Waals surface area contributed by atoms with Crippen LogP contribution in [-0.2, 0) is 0 Å². The fraction of sp³-hybridized carbons (Fsp3) is 0.125. The van der Waals surface area contributed by atoms with Gasteiger partial charge in [0.2, 0.25) is 0 Å². The SMILES string of the molecule is N#CCNc1c(F)cc(F)cc1[N+](=O)[O-]. The fourth-order valence-corrected chi connectivity index (χ4v) is 1.01. The van der Waals surface area contributed by atoms with Crippen LogP contribution in [0.25, 0.3) is 0 Å². The molecule has 0 saturated heterocycles. The minimum Gasteiger partial charge on any atom is -0.364 e. The Morgan fingerprint density at radius 1 is 1.53 bits per heavy atom. The lowest BCUT2D eigenvalue weighted by Crippen LogP contribution is -2.05. The largest absolute Gasteiger partial charge is 0.364 e. The minimum absolute atomic E-state index is 0.302. The Morgan fingerprint density at radius 3 is 2.73 bits per heavy atom. The van der Waals surface area contributed by atoms with Crippen LogP contribution in [0.15, 0.2) is 12.1 Å². The topological polar surface area (TPSA) is 79.0 Å². The van der Waals surface area contributed by atoms with Crippen LogP contribution < -0.4 is 5.32 Å². The van der Waals surface area contributed by atoms with Gasteiger partial charge in [-0.25, -0.2) is 8.78 Å². The van der Waals surface area contributed by atoms with Crippen molar-refractivity contribution in [2.75, 3.05) is 11.9 Å². The molecule has 0 unspecified atom stereocenters. The van der Waals surface area contributed by atoms with E-state index >= 15 is 0 Å². The van der Waals surface area contributed by atoms with Crippen molar-refractivity contribution in [1.82, 2.24) is 0 Å². The summed E-state index contributed by atoms with van der Waals surface area (Å²) in [7, 11) is 0. The van der Waals surface area contributed by atoms with Crippen molar-refractivity contribution in [2.24, 2.45) is 0 Å². The van der Waals surface area contributed by atoms with Crippen LogP contribution in [0.4, 0.5) is 20.2 Å². The predicted molar refractivity (Wildman–Crippen MR) is 47.1 cm³/mol. The summed E-state index contributed by atoms with van der Waals surface area (Å²) in [4.78, 5) is 9.51. The summed E-state index contributed by atoms with van der Waals surface area (Å²) in [6.07, 6.45) is 0. The molecule has 5 nitrogen and oxygen atoms in total. The van der Waals surface area contributed by atoms with Crippen LogP contribution in [0.2, 0.25) is 0 Å². The average Bonchev–Trinajstić information content (AvgIpc) is 2.15. The van der Waals surface area contributed by atoms with Gasteiger partial charge in [0.15, 0.2) is 11.5 Å². The standard InChI is InChI=1S/C8H5F2N3O2/c9-5-3-6(10)8(12-2-1-11)7(4-5)13(14)15/h3-4,12H,2H2. The fourth-order valence-electron chi connectivity index (χ4n) is 1.01. The molecule has 0 atom stereocenters. The zero-order chi connectivity index (χ0) is 11.4. The summed E-state index contributed by atoms with van der Waals surface area (Å²) in [5.74, 6) is -2.14. The summed E-state index contributed by atoms with van der Waals surface area (Å²) >= 11 is 0. The lowest BCUT2D eigenvalue weighted by atomic mass is 10.2. The van der Waals surface area contributed by atoms with E-state index in [9.17, 15) is 18.9 Å². The smallest absolute Gasteiger partial charge is 0.298 e. The third-order valence-electron chi connectivity index (χ3n) is 1.58. The number of nitriles is 1. The molecule has 0 heterocycles. The maximum Gasteiger partial charge on any atom is 0.298 e. The molecule has 7 heteroatoms. The summed E-state index contributed by atoms with van der Waals surface area (Å²) < 4.78 is 25.7. The number of anilines is 1. The van der Waals surface area contributed by atoms with Crippen LogP contribution in [0.1, 0.15) is 0 Å². The number of nitrogens with one attached hydrogen (secondary N) is 1. The molecule has 1 aromatic rings. The second-order valence-corrected chi connectivity index (χ2v) is 2.55. The minimum atomic E-state index is -1.10. The second kappa shape index (κ2) is 4.32. The van der Waals surface area contributed by atoms with Gasteiger partial charge >= 0.3 is 0 Å². The normalized spacial score (nSPS) is 9.40. The number of benzene rings is 1. The van der Waals surface area contributed by atoms with Gasteiger partial charge in [-0.2, -0.15) is 5.26 Å². The van der Waals surface area contributed by atoms with Crippen molar-refractivity contribution in [2.45, 2.75) is 0 Å². The van der Waals surface area contributed by atoms with Gasteiger partial charge < -0.3 is 5.32 Å². The molecule has 0 aromatic heterocycles. The molecule has 0 aliphatic rings. The molecular formula is C8H5F2N3O2. The first-order valence-electron chi connectivity index (χ1n) is 3.80. The maximum absolute atomic E-state index is 13.1. The highest BCUT2D eigenvalue weighted by atomic mass is 19.1. The molecule has 1 aromatic carbocycles. The molecule has 0 radical (unpaired) electrons. The van der Waals surface area contributed by atoms with Gasteiger partial charge in [0.25, 0.3) is 5.69 Å². The van der Waals surface area contributed by atoms with E-state index in [2.05, 4.69) is 5.32 Å². The van der Waals surface area contributed by atoms with E-state index in [1.54, 1.807) is 6.07 Å². The molecule has 0 spiro atoms. The molecule has 0 bridgehead atoms. The molecule has 15 heavy (non-hydrogen) atoms. The Kier molecular flexibility index (Phi) is 3.13. The van der Waals surface area contributed by atoms with Gasteiger partial charge in [0.1, 0.15) is 12.4 Å². The number of hydrogen-bond acceptors (Lipinski definition) is 4. The van der Waals surface area contributed by atoms with Crippen molar-refractivity contribution in [3.63, 3.8) is 0 Å². The second-order valence-electron chi connectivity index (χ2n) is 2.55. The van der Waals surface area contributed by atoms with Crippen LogP contribution in [0.3, 0.4) is 0 Å². The number of nitro groups is 1. The zero-order valence-electron chi connectivity index (χ0n) is 7.33. The molecule has 0 fully saturated rings. The summed E-state index contributed by atoms with van der Waals surface area (Å²) in [5.41, 5.74) is -1.22. The molecular weight excluding hydrogens is 208 g/mol. The van der Waals surface area contributed by atoms with Gasteiger partial charge in [-0.1, -0.05) is 0 Å². The van der Waals surface area contributed by atoms with Crippen molar-refractivity contribution >= 4 is 11.4 Å². The van der Waals surface area contributed by atoms with Crippen molar-refractivity contribution in [3.05, 3.63) is 33.9 Å². The Labute approximate surface area is 83.1 Å². The number of halogens is 2. The van der Waals surface area contributed by atoms with E-state index < -0.39 is 27.9 Å². The Hall–Kier alpha value is -2.23. The third kappa shape index (κ3) is 2.37. The van der Waals surface area contributed by atoms with E-state index in [4.69, 9.17) is 5.26 Å². The molecule has 1 rings (SSSR count). The molecule has 78 valence electrons. The molecule has 0 aliphatic heterocycles. The monoisotopic (exact) mass is 213 g/mol. The zero-order valence-corrected chi connectivity index (χ0v) is 7.33. The van der Waals surface area contributed by atoms with Crippen LogP contribution in [-0.4, -0.2) is 11.5 Å². The van der Waals surface area contributed by atoms with E-state index in [0.717, 1.165) is 0 Å². The van der Waals surface area contributed by atoms with Crippen molar-refractivity contribution in [1.29, 1.82) is 5.26 Å². The highest BCUT2D eigenvalue weighted by molar-refractivity contribution is 5.62. The summed E-state index contributed by atoms with van der Waals surface area (Å²) in [6.45, 7) is -0.302. The first-order chi connectivity index (χ1) is 7.06. The van der Waals surface area contributed by atoms with Gasteiger partial charge in [0, 0.05) is 6.07 Å². The number of rotatable bonds is 3. The quantitative estimate of drug-likeness (QED) is 0.471. The van der Waals surface area contributed by atoms with E-state index in [1.807, 2.05) is 0 Å². The van der Waals surface area contributed by atoms with Crippen LogP contribution in [0, 0.1) is 33.1 Å². The first-order valence-corrected chi connectivity index (χ1v) is 3.80. The maximum atomic E-state index is 13.1. The van der Waals surface area contributed by atoms with E-state index in [1.165, 1.54) is 0 Å². The van der Waals surface area contributed by atoms with Gasteiger partial charge in [-0.3, -0.25) is 10.1 Å². The number of nitro benzene ring substituents is 1. The lowest BCUT2D eigenvalue weighted by molar-refractivity contribution is -0.384. The Bertz CT molecular complexity index is 442. The number of nitrogens with zero attached hydrogens (tertiary/aromatic N) is 2. The van der Waals surface area contributed by atoms with Crippen LogP contribution >= 0.6 is 0 Å². The molecule has 0 saturated carbocycles. The van der Waals surface area contributed by atoms with Crippen molar-refractivity contribution < 1.29 is 13.7 Å². The van der Waals surface area contributed by atoms with Gasteiger partial charge in [-0.05, 0) is 0 Å². The van der Waals surface area contributed by atoms with E-state index in [-0.39, 0.29) is 6.54 Å². The number of hydrogen-bond donors (Lipinski definition) is 1. The van der Waals surface area contributed by atoms with Crippen LogP contribution in [0.5, 0.6) is 0 Å². The van der Waals surface area contributed by atoms with Gasteiger partial charge in [-0.15, -0.1) is 0 Å². The highest BCUT2D eigenvalue weighted by Gasteiger charge is 2.19. The highest BCUT2D eigenvalue weighted by Crippen LogP contribution is 2.28. The van der Waals surface area contributed by atoms with E-state index in [0.29, 0.717) is 12.1 Å². The Balaban J connectivity index is 3.22. The first kappa shape index (κ1) is 10.8. The predicted octanol–water partition coefficient (Wildman–Crippen LogP) is 1.81. The summed E-state index contributed by atoms with van der Waals surface area (Å²) in [6, 6.07) is 2.72.